The fourth-order valence-corrected chi connectivity index (χ4v) is 3.03. The van der Waals surface area contributed by atoms with Crippen molar-refractivity contribution in [3.63, 3.8) is 0 Å². The minimum atomic E-state index is -5.00. The average Bonchev–Trinajstić information content (AvgIpc) is 2.73. The first kappa shape index (κ1) is 27.5. The molecule has 2 rings (SSSR count). The number of alkyl halides is 3. The van der Waals surface area contributed by atoms with Gasteiger partial charge in [0.15, 0.2) is 0 Å². The molecule has 0 bridgehead atoms. The third-order valence-electron chi connectivity index (χ3n) is 4.38. The number of hydrogen-bond donors (Lipinski definition) is 4. The van der Waals surface area contributed by atoms with E-state index < -0.39 is 34.9 Å². The molecule has 5 N–H and O–H groups in total. The zero-order chi connectivity index (χ0) is 26.6. The van der Waals surface area contributed by atoms with Gasteiger partial charge in [0.05, 0.1) is 22.9 Å². The number of quaternary nitrogens is 1. The number of pyridine rings is 1. The topological polar surface area (TPSA) is 135 Å². The molecule has 8 nitrogen and oxygen atoms in total. The van der Waals surface area contributed by atoms with Gasteiger partial charge < -0.3 is 10.6 Å². The van der Waals surface area contributed by atoms with E-state index in [2.05, 4.69) is 15.6 Å². The van der Waals surface area contributed by atoms with E-state index in [0.29, 0.717) is 11.6 Å². The normalized spacial score (nSPS) is 12.0. The summed E-state index contributed by atoms with van der Waals surface area (Å²) in [6.07, 6.45) is -3.33. The van der Waals surface area contributed by atoms with Crippen molar-refractivity contribution in [2.45, 2.75) is 39.4 Å². The minimum Gasteiger partial charge on any atom is -0.347 e. The highest BCUT2D eigenvalue weighted by atomic mass is 35.5. The number of allylic oxidation sites excluding steroid dienone is 1. The monoisotopic (exact) mass is 507 g/mol. The van der Waals surface area contributed by atoms with Crippen LogP contribution >= 0.6 is 11.6 Å². The highest BCUT2D eigenvalue weighted by molar-refractivity contribution is 6.32. The van der Waals surface area contributed by atoms with Crippen molar-refractivity contribution in [1.29, 1.82) is 10.7 Å². The Labute approximate surface area is 204 Å². The van der Waals surface area contributed by atoms with Crippen LogP contribution < -0.4 is 16.0 Å². The maximum Gasteiger partial charge on any atom is 0.432 e. The molecule has 184 valence electrons. The predicted octanol–water partition coefficient (Wildman–Crippen LogP) is 3.74. The summed E-state index contributed by atoms with van der Waals surface area (Å²) in [6.45, 7) is 6.74. The molecule has 35 heavy (non-hydrogen) atoms. The Morgan fingerprint density at radius 1 is 1.26 bits per heavy atom. The van der Waals surface area contributed by atoms with Gasteiger partial charge in [0.2, 0.25) is 11.5 Å². The third kappa shape index (κ3) is 7.63. The quantitative estimate of drug-likeness (QED) is 0.350. The minimum absolute atomic E-state index is 0.000655. The maximum atomic E-state index is 13.1. The molecule has 0 aliphatic rings. The lowest BCUT2D eigenvalue weighted by Crippen LogP contribution is -2.78. The van der Waals surface area contributed by atoms with Gasteiger partial charge in [-0.25, -0.2) is 4.98 Å². The van der Waals surface area contributed by atoms with Crippen LogP contribution in [0.3, 0.4) is 0 Å². The van der Waals surface area contributed by atoms with Gasteiger partial charge in [-0.1, -0.05) is 11.6 Å². The summed E-state index contributed by atoms with van der Waals surface area (Å²) in [5.41, 5.74) is -2.55. The first-order valence-corrected chi connectivity index (χ1v) is 10.5. The molecular formula is C23H23ClF3N6O2+. The van der Waals surface area contributed by atoms with Gasteiger partial charge in [0.1, 0.15) is 10.7 Å². The van der Waals surface area contributed by atoms with Gasteiger partial charge in [0.25, 0.3) is 5.91 Å². The summed E-state index contributed by atoms with van der Waals surface area (Å²) in [7, 11) is 0. The summed E-state index contributed by atoms with van der Waals surface area (Å²) in [5, 5.41) is 22.9. The van der Waals surface area contributed by atoms with E-state index in [0.717, 1.165) is 5.32 Å². The smallest absolute Gasteiger partial charge is 0.347 e. The van der Waals surface area contributed by atoms with Crippen molar-refractivity contribution in [3.05, 3.63) is 63.9 Å². The Hall–Kier alpha value is -3.75. The number of nitrogens with two attached hydrogens (primary N) is 1. The molecule has 0 aliphatic heterocycles. The van der Waals surface area contributed by atoms with Crippen LogP contribution in [-0.4, -0.2) is 34.2 Å². The molecule has 0 spiro atoms. The van der Waals surface area contributed by atoms with Crippen molar-refractivity contribution < 1.29 is 28.1 Å². The molecular weight excluding hydrogens is 485 g/mol. The van der Waals surface area contributed by atoms with E-state index in [4.69, 9.17) is 17.0 Å². The fraction of sp³-hybridized carbons (Fsp3) is 0.261. The number of aryl methyl sites for hydroxylation is 1. The van der Waals surface area contributed by atoms with Crippen LogP contribution in [0.25, 0.3) is 0 Å². The third-order valence-corrected chi connectivity index (χ3v) is 4.70. The average molecular weight is 508 g/mol. The van der Waals surface area contributed by atoms with Gasteiger partial charge in [-0.3, -0.25) is 20.3 Å². The van der Waals surface area contributed by atoms with Crippen LogP contribution in [0, 0.1) is 23.7 Å². The van der Waals surface area contributed by atoms with E-state index in [1.807, 2.05) is 6.07 Å². The molecule has 0 aliphatic carbocycles. The number of rotatable bonds is 6. The van der Waals surface area contributed by atoms with Gasteiger partial charge in [-0.05, 0) is 57.5 Å². The highest BCUT2D eigenvalue weighted by Gasteiger charge is 2.35. The SMILES string of the molecule is Cc1cc(C#N)cc(C(=O)NC(C)(C)C)c1NC(=O)/C(=C/C(=N)C(F)(F)F)[NH2+]c1ncccc1Cl. The van der Waals surface area contributed by atoms with Crippen LogP contribution in [0.4, 0.5) is 24.7 Å². The van der Waals surface area contributed by atoms with Crippen LogP contribution in [0.15, 0.2) is 42.2 Å². The Bertz CT molecular complexity index is 1240. The number of halogens is 4. The zero-order valence-corrected chi connectivity index (χ0v) is 20.0. The Balaban J connectivity index is 2.55. The molecule has 0 radical (unpaired) electrons. The highest BCUT2D eigenvalue weighted by Crippen LogP contribution is 2.25. The first-order valence-electron chi connectivity index (χ1n) is 10.1. The van der Waals surface area contributed by atoms with Gasteiger partial charge in [-0.15, -0.1) is 0 Å². The number of nitrogens with one attached hydrogen (secondary N) is 3. The largest absolute Gasteiger partial charge is 0.432 e. The number of nitriles is 1. The molecule has 0 fully saturated rings. The van der Waals surface area contributed by atoms with Crippen LogP contribution in [0.5, 0.6) is 0 Å². The molecule has 1 aromatic heterocycles. The van der Waals surface area contributed by atoms with Crippen molar-refractivity contribution in [1.82, 2.24) is 10.3 Å². The summed E-state index contributed by atoms with van der Waals surface area (Å²) in [4.78, 5) is 30.0. The Kier molecular flexibility index (Phi) is 8.38. The number of carbonyl (C=O) groups excluding carboxylic acids is 2. The second-order valence-corrected chi connectivity index (χ2v) is 8.92. The summed E-state index contributed by atoms with van der Waals surface area (Å²) < 4.78 is 39.2. The molecule has 1 heterocycles. The summed E-state index contributed by atoms with van der Waals surface area (Å²) in [6, 6.07) is 7.55. The number of hydrogen-bond acceptors (Lipinski definition) is 5. The summed E-state index contributed by atoms with van der Waals surface area (Å²) in [5.74, 6) is -1.63. The Morgan fingerprint density at radius 2 is 1.91 bits per heavy atom. The molecule has 0 saturated heterocycles. The fourth-order valence-electron chi connectivity index (χ4n) is 2.85. The number of benzene rings is 1. The van der Waals surface area contributed by atoms with Crippen molar-refractivity contribution in [3.8, 4) is 6.07 Å². The Morgan fingerprint density at radius 3 is 2.46 bits per heavy atom. The number of nitrogens with zero attached hydrogens (tertiary/aromatic N) is 2. The predicted molar refractivity (Wildman–Crippen MR) is 124 cm³/mol. The lowest BCUT2D eigenvalue weighted by atomic mass is 10.0. The zero-order valence-electron chi connectivity index (χ0n) is 19.3. The molecule has 2 aromatic rings. The van der Waals surface area contributed by atoms with E-state index in [9.17, 15) is 28.0 Å². The van der Waals surface area contributed by atoms with E-state index >= 15 is 0 Å². The van der Waals surface area contributed by atoms with Crippen molar-refractivity contribution >= 4 is 40.6 Å². The van der Waals surface area contributed by atoms with Crippen molar-refractivity contribution in [2.24, 2.45) is 0 Å². The first-order chi connectivity index (χ1) is 16.1. The van der Waals surface area contributed by atoms with Crippen LogP contribution in [0.2, 0.25) is 5.02 Å². The molecule has 0 unspecified atom stereocenters. The summed E-state index contributed by atoms with van der Waals surface area (Å²) >= 11 is 6.03. The molecule has 0 atom stereocenters. The van der Waals surface area contributed by atoms with Gasteiger partial charge in [-0.2, -0.15) is 18.4 Å². The standard InChI is InChI=1S/C23H22ClF3N6O2/c1-12-8-13(11-28)9-14(20(34)33-22(2,3)4)18(12)32-21(35)16(10-17(29)23(25,26)27)31-19-15(24)6-5-7-30-19/h5-10,29H,1-4H3,(H,30,31)(H,32,35)(H,33,34)/p+1/b16-10-,29-17?. The van der Waals surface area contributed by atoms with Crippen LogP contribution in [-0.2, 0) is 4.79 Å². The number of amides is 2. The lowest BCUT2D eigenvalue weighted by molar-refractivity contribution is -0.514. The number of anilines is 1. The van der Waals surface area contributed by atoms with Gasteiger partial charge >= 0.3 is 12.1 Å². The number of carbonyl (C=O) groups is 2. The molecule has 1 aromatic carbocycles. The molecule has 0 saturated carbocycles. The van der Waals surface area contributed by atoms with Crippen molar-refractivity contribution in [2.75, 3.05) is 5.32 Å². The van der Waals surface area contributed by atoms with Gasteiger partial charge in [0, 0.05) is 17.8 Å². The van der Waals surface area contributed by atoms with E-state index in [1.54, 1.807) is 20.8 Å². The van der Waals surface area contributed by atoms with E-state index in [1.165, 1.54) is 37.4 Å². The maximum absolute atomic E-state index is 13.1. The van der Waals surface area contributed by atoms with E-state index in [-0.39, 0.29) is 27.7 Å². The second kappa shape index (κ2) is 10.7. The lowest BCUT2D eigenvalue weighted by Gasteiger charge is -2.22. The number of aromatic nitrogens is 1. The van der Waals surface area contributed by atoms with Crippen LogP contribution in [0.1, 0.15) is 42.3 Å². The molecule has 12 heteroatoms. The second-order valence-electron chi connectivity index (χ2n) is 8.51. The molecule has 2 amide bonds.